The van der Waals surface area contributed by atoms with Crippen molar-refractivity contribution in [2.45, 2.75) is 51.7 Å². The molecule has 3 heterocycles. The Morgan fingerprint density at radius 3 is 2.58 bits per heavy atom. The number of rotatable bonds is 7. The van der Waals surface area contributed by atoms with E-state index in [9.17, 15) is 9.59 Å². The number of amides is 2. The lowest BCUT2D eigenvalue weighted by Crippen LogP contribution is -2.42. The van der Waals surface area contributed by atoms with Crippen molar-refractivity contribution < 1.29 is 19.5 Å². The maximum atomic E-state index is 12.4. The van der Waals surface area contributed by atoms with Crippen LogP contribution in [0.3, 0.4) is 0 Å². The number of aryl methyl sites for hydroxylation is 2. The molecule has 2 amide bonds. The van der Waals surface area contributed by atoms with E-state index in [2.05, 4.69) is 25.5 Å². The van der Waals surface area contributed by atoms with E-state index in [0.29, 0.717) is 24.4 Å². The molecule has 168 valence electrons. The number of aromatic nitrogens is 2. The molecular formula is C21H29N5O4S. The summed E-state index contributed by atoms with van der Waals surface area (Å²) in [5.41, 5.74) is 1.63. The minimum absolute atomic E-state index is 0.0305. The molecule has 1 aliphatic rings. The maximum Gasteiger partial charge on any atom is 0.290 e. The van der Waals surface area contributed by atoms with Crippen molar-refractivity contribution in [1.29, 1.82) is 0 Å². The lowest BCUT2D eigenvalue weighted by atomic mass is 10.1. The fourth-order valence-electron chi connectivity index (χ4n) is 3.59. The fraction of sp³-hybridized carbons (Fsp3) is 0.476. The van der Waals surface area contributed by atoms with Crippen LogP contribution in [0.1, 0.15) is 45.3 Å². The van der Waals surface area contributed by atoms with E-state index < -0.39 is 0 Å². The van der Waals surface area contributed by atoms with E-state index in [1.807, 2.05) is 39.1 Å². The van der Waals surface area contributed by atoms with Crippen LogP contribution in [-0.2, 0) is 16.1 Å². The van der Waals surface area contributed by atoms with Gasteiger partial charge in [0.15, 0.2) is 0 Å². The third-order valence-corrected chi connectivity index (χ3v) is 6.28. The summed E-state index contributed by atoms with van der Waals surface area (Å²) in [6.07, 6.45) is 4.10. The van der Waals surface area contributed by atoms with Crippen LogP contribution < -0.4 is 10.6 Å². The minimum Gasteiger partial charge on any atom is -0.483 e. The Hall–Kier alpha value is -2.85. The number of carbonyl (C=O) groups excluding carboxylic acids is 2. The molecule has 1 saturated heterocycles. The first-order valence-corrected chi connectivity index (χ1v) is 10.9. The quantitative estimate of drug-likeness (QED) is 0.552. The molecule has 0 aliphatic carbocycles. The Balaban J connectivity index is 0.00000107. The second-order valence-corrected chi connectivity index (χ2v) is 8.52. The summed E-state index contributed by atoms with van der Waals surface area (Å²) in [5.74, 6) is -0.0315. The van der Waals surface area contributed by atoms with Gasteiger partial charge in [0, 0.05) is 31.2 Å². The topological polar surface area (TPSA) is 125 Å². The number of hydrogen-bond acceptors (Lipinski definition) is 7. The molecule has 0 radical (unpaired) electrons. The Bertz CT molecular complexity index is 874. The predicted molar refractivity (Wildman–Crippen MR) is 118 cm³/mol. The molecular weight excluding hydrogens is 418 g/mol. The number of carbonyl (C=O) groups is 3. The summed E-state index contributed by atoms with van der Waals surface area (Å²) >= 11 is 1.42. The zero-order valence-electron chi connectivity index (χ0n) is 18.0. The van der Waals surface area contributed by atoms with Gasteiger partial charge in [-0.1, -0.05) is 6.07 Å². The summed E-state index contributed by atoms with van der Waals surface area (Å²) in [4.78, 5) is 44.4. The van der Waals surface area contributed by atoms with Crippen LogP contribution in [0.15, 0.2) is 24.4 Å². The molecule has 0 bridgehead atoms. The van der Waals surface area contributed by atoms with Gasteiger partial charge < -0.3 is 15.7 Å². The van der Waals surface area contributed by atoms with Gasteiger partial charge in [0.2, 0.25) is 5.91 Å². The van der Waals surface area contributed by atoms with Crippen molar-refractivity contribution in [2.75, 3.05) is 13.6 Å². The molecule has 1 fully saturated rings. The lowest BCUT2D eigenvalue weighted by molar-refractivity contribution is -0.123. The first kappa shape index (κ1) is 24.4. The average molecular weight is 448 g/mol. The second kappa shape index (κ2) is 12.1. The van der Waals surface area contributed by atoms with E-state index in [1.54, 1.807) is 6.20 Å². The van der Waals surface area contributed by atoms with Crippen molar-refractivity contribution in [3.05, 3.63) is 45.7 Å². The SMILES string of the molecule is Cc1nc(C)c(C(=O)NC[C@@H]2CC[C@H](CC(=O)NCc3ccccn3)N2C)s1.O=CO. The molecule has 9 nitrogen and oxygen atoms in total. The highest BCUT2D eigenvalue weighted by atomic mass is 32.1. The van der Waals surface area contributed by atoms with Crippen molar-refractivity contribution in [3.63, 3.8) is 0 Å². The second-order valence-electron chi connectivity index (χ2n) is 7.32. The van der Waals surface area contributed by atoms with Crippen LogP contribution in [0, 0.1) is 13.8 Å². The van der Waals surface area contributed by atoms with Gasteiger partial charge in [-0.25, -0.2) is 4.98 Å². The molecule has 2 aromatic rings. The highest BCUT2D eigenvalue weighted by molar-refractivity contribution is 7.13. The first-order valence-electron chi connectivity index (χ1n) is 10.0. The van der Waals surface area contributed by atoms with Crippen LogP contribution in [0.5, 0.6) is 0 Å². The van der Waals surface area contributed by atoms with Gasteiger partial charge in [-0.05, 0) is 45.9 Å². The Kier molecular flexibility index (Phi) is 9.54. The zero-order valence-corrected chi connectivity index (χ0v) is 18.8. The summed E-state index contributed by atoms with van der Waals surface area (Å²) in [6.45, 7) is 4.55. The van der Waals surface area contributed by atoms with Gasteiger partial charge >= 0.3 is 0 Å². The van der Waals surface area contributed by atoms with Crippen LogP contribution in [0.2, 0.25) is 0 Å². The van der Waals surface area contributed by atoms with Crippen molar-refractivity contribution >= 4 is 29.6 Å². The monoisotopic (exact) mass is 447 g/mol. The Morgan fingerprint density at radius 2 is 1.97 bits per heavy atom. The molecule has 0 spiro atoms. The number of nitrogens with zero attached hydrogens (tertiary/aromatic N) is 3. The molecule has 10 heteroatoms. The molecule has 0 saturated carbocycles. The van der Waals surface area contributed by atoms with Gasteiger partial charge in [-0.3, -0.25) is 24.3 Å². The van der Waals surface area contributed by atoms with Gasteiger partial charge in [-0.2, -0.15) is 0 Å². The fourth-order valence-corrected chi connectivity index (χ4v) is 4.43. The summed E-state index contributed by atoms with van der Waals surface area (Å²) < 4.78 is 0. The minimum atomic E-state index is -0.250. The van der Waals surface area contributed by atoms with E-state index in [4.69, 9.17) is 9.90 Å². The number of pyridine rings is 1. The summed E-state index contributed by atoms with van der Waals surface area (Å²) in [5, 5.41) is 13.8. The molecule has 31 heavy (non-hydrogen) atoms. The van der Waals surface area contributed by atoms with E-state index in [0.717, 1.165) is 29.2 Å². The number of likely N-dealkylation sites (tertiary alicyclic amines) is 1. The first-order chi connectivity index (χ1) is 14.8. The molecule has 1 aliphatic heterocycles. The standard InChI is InChI=1S/C20H27N5O2S.CH2O2/c1-13-19(28-14(2)24-13)20(27)23-12-17-8-7-16(25(17)3)10-18(26)22-11-15-6-4-5-9-21-15;2-1-3/h4-6,9,16-17H,7-8,10-12H2,1-3H3,(H,22,26)(H,23,27);1H,(H,2,3)/t16-,17+;/m1./s1. The van der Waals surface area contributed by atoms with E-state index in [-0.39, 0.29) is 30.4 Å². The van der Waals surface area contributed by atoms with Crippen LogP contribution in [0.25, 0.3) is 0 Å². The zero-order chi connectivity index (χ0) is 22.8. The highest BCUT2D eigenvalue weighted by Crippen LogP contribution is 2.24. The smallest absolute Gasteiger partial charge is 0.290 e. The summed E-state index contributed by atoms with van der Waals surface area (Å²) in [6, 6.07) is 6.10. The molecule has 0 unspecified atom stereocenters. The lowest BCUT2D eigenvalue weighted by Gasteiger charge is -2.25. The largest absolute Gasteiger partial charge is 0.483 e. The number of carboxylic acid groups (broad SMARTS) is 1. The third kappa shape index (κ3) is 7.41. The molecule has 2 aromatic heterocycles. The van der Waals surface area contributed by atoms with Crippen molar-refractivity contribution in [2.24, 2.45) is 0 Å². The van der Waals surface area contributed by atoms with E-state index >= 15 is 0 Å². The number of likely N-dealkylation sites (N-methyl/N-ethyl adjacent to an activating group) is 1. The summed E-state index contributed by atoms with van der Waals surface area (Å²) in [7, 11) is 2.03. The number of nitrogens with one attached hydrogen (secondary N) is 2. The van der Waals surface area contributed by atoms with E-state index in [1.165, 1.54) is 11.3 Å². The highest BCUT2D eigenvalue weighted by Gasteiger charge is 2.32. The Labute approximate surface area is 185 Å². The molecule has 2 atom stereocenters. The number of thiazole rings is 1. The molecule has 3 rings (SSSR count). The maximum absolute atomic E-state index is 12.4. The Morgan fingerprint density at radius 1 is 1.26 bits per heavy atom. The van der Waals surface area contributed by atoms with Crippen LogP contribution in [-0.4, -0.2) is 63.9 Å². The van der Waals surface area contributed by atoms with Gasteiger partial charge in [0.25, 0.3) is 12.4 Å². The third-order valence-electron chi connectivity index (χ3n) is 5.21. The van der Waals surface area contributed by atoms with Gasteiger partial charge in [0.05, 0.1) is 22.9 Å². The van der Waals surface area contributed by atoms with Crippen LogP contribution >= 0.6 is 11.3 Å². The van der Waals surface area contributed by atoms with Gasteiger partial charge in [-0.15, -0.1) is 11.3 Å². The molecule has 3 N–H and O–H groups in total. The van der Waals surface area contributed by atoms with Crippen LogP contribution in [0.4, 0.5) is 0 Å². The van der Waals surface area contributed by atoms with Crippen molar-refractivity contribution in [1.82, 2.24) is 25.5 Å². The average Bonchev–Trinajstić information content (AvgIpc) is 3.27. The molecule has 0 aromatic carbocycles. The normalized spacial score (nSPS) is 18.0. The number of hydrogen-bond donors (Lipinski definition) is 3. The van der Waals surface area contributed by atoms with Gasteiger partial charge in [0.1, 0.15) is 4.88 Å². The predicted octanol–water partition coefficient (Wildman–Crippen LogP) is 1.75. The van der Waals surface area contributed by atoms with Crippen molar-refractivity contribution in [3.8, 4) is 0 Å².